The number of hydrogen-bond acceptors (Lipinski definition) is 5. The fourth-order valence-corrected chi connectivity index (χ4v) is 5.20. The third-order valence-corrected chi connectivity index (χ3v) is 6.90. The molecule has 0 spiro atoms. The molecule has 0 aliphatic heterocycles. The van der Waals surface area contributed by atoms with Gasteiger partial charge in [-0.25, -0.2) is 13.2 Å². The molecule has 0 saturated heterocycles. The molecule has 1 aromatic heterocycles. The van der Waals surface area contributed by atoms with Crippen LogP contribution >= 0.6 is 0 Å². The molecule has 1 fully saturated rings. The fraction of sp³-hybridized carbons (Fsp3) is 0.318. The molecule has 0 radical (unpaired) electrons. The summed E-state index contributed by atoms with van der Waals surface area (Å²) < 4.78 is 34.0. The number of para-hydroxylation sites is 1. The molecule has 4 rings (SSSR count). The van der Waals surface area contributed by atoms with Crippen molar-refractivity contribution in [2.24, 2.45) is 0 Å². The second-order valence-corrected chi connectivity index (χ2v) is 9.14. The minimum Gasteiger partial charge on any atom is -0.421 e. The highest BCUT2D eigenvalue weighted by Gasteiger charge is 2.24. The van der Waals surface area contributed by atoms with Crippen LogP contribution in [0.4, 0.5) is 11.4 Å². The van der Waals surface area contributed by atoms with Crippen molar-refractivity contribution in [1.82, 2.24) is 0 Å². The summed E-state index contributed by atoms with van der Waals surface area (Å²) >= 11 is 0. The van der Waals surface area contributed by atoms with Gasteiger partial charge in [-0.2, -0.15) is 0 Å². The van der Waals surface area contributed by atoms with Crippen molar-refractivity contribution in [1.29, 1.82) is 0 Å². The van der Waals surface area contributed by atoms with Crippen LogP contribution in [-0.4, -0.2) is 14.5 Å². The first kappa shape index (κ1) is 19.5. The zero-order valence-corrected chi connectivity index (χ0v) is 17.1. The van der Waals surface area contributed by atoms with Crippen LogP contribution in [0.3, 0.4) is 0 Å². The average molecular weight is 413 g/mol. The van der Waals surface area contributed by atoms with E-state index >= 15 is 0 Å². The molecule has 1 aliphatic carbocycles. The Morgan fingerprint density at radius 3 is 2.38 bits per heavy atom. The molecule has 0 bridgehead atoms. The van der Waals surface area contributed by atoms with E-state index in [0.29, 0.717) is 22.2 Å². The van der Waals surface area contributed by atoms with Gasteiger partial charge in [0.2, 0.25) is 0 Å². The topological polar surface area (TPSA) is 88.4 Å². The second kappa shape index (κ2) is 7.91. The molecule has 3 aromatic rings. The maximum Gasteiger partial charge on any atom is 0.363 e. The lowest BCUT2D eigenvalue weighted by Crippen LogP contribution is -2.26. The van der Waals surface area contributed by atoms with E-state index in [9.17, 15) is 13.2 Å². The predicted molar refractivity (Wildman–Crippen MR) is 115 cm³/mol. The van der Waals surface area contributed by atoms with Crippen LogP contribution in [0.5, 0.6) is 0 Å². The molecule has 0 atom stereocenters. The Labute approximate surface area is 170 Å². The van der Waals surface area contributed by atoms with E-state index in [1.54, 1.807) is 37.3 Å². The maximum absolute atomic E-state index is 13.0. The molecule has 0 amide bonds. The molecular weight excluding hydrogens is 388 g/mol. The lowest BCUT2D eigenvalue weighted by molar-refractivity contribution is 0.462. The third kappa shape index (κ3) is 4.00. The number of nitrogens with one attached hydrogen (secondary N) is 2. The van der Waals surface area contributed by atoms with Crippen molar-refractivity contribution in [2.45, 2.75) is 50.0 Å². The lowest BCUT2D eigenvalue weighted by Gasteiger charge is -2.25. The normalized spacial score (nSPS) is 15.3. The molecule has 6 nitrogen and oxygen atoms in total. The van der Waals surface area contributed by atoms with E-state index in [-0.39, 0.29) is 16.6 Å². The number of sulfonamides is 1. The number of fused-ring (bicyclic) bond motifs is 1. The molecule has 1 saturated carbocycles. The highest BCUT2D eigenvalue weighted by atomic mass is 32.2. The lowest BCUT2D eigenvalue weighted by atomic mass is 9.95. The summed E-state index contributed by atoms with van der Waals surface area (Å²) in [7, 11) is -3.95. The zero-order valence-electron chi connectivity index (χ0n) is 16.3. The molecule has 29 heavy (non-hydrogen) atoms. The second-order valence-electron chi connectivity index (χ2n) is 7.49. The van der Waals surface area contributed by atoms with Gasteiger partial charge in [-0.05, 0) is 43.5 Å². The molecule has 2 aromatic carbocycles. The summed E-state index contributed by atoms with van der Waals surface area (Å²) in [5, 5.41) is 4.12. The van der Waals surface area contributed by atoms with Crippen LogP contribution in [0, 0.1) is 6.92 Å². The van der Waals surface area contributed by atoms with E-state index in [1.807, 2.05) is 12.1 Å². The van der Waals surface area contributed by atoms with Crippen molar-refractivity contribution in [3.05, 3.63) is 64.5 Å². The van der Waals surface area contributed by atoms with E-state index in [4.69, 9.17) is 4.42 Å². The van der Waals surface area contributed by atoms with Gasteiger partial charge in [0.25, 0.3) is 10.0 Å². The summed E-state index contributed by atoms with van der Waals surface area (Å²) in [6.07, 6.45) is 5.39. The molecule has 1 heterocycles. The van der Waals surface area contributed by atoms with E-state index in [1.165, 1.54) is 12.5 Å². The van der Waals surface area contributed by atoms with Gasteiger partial charge in [0, 0.05) is 11.4 Å². The highest BCUT2D eigenvalue weighted by Crippen LogP contribution is 2.33. The highest BCUT2D eigenvalue weighted by molar-refractivity contribution is 7.92. The summed E-state index contributed by atoms with van der Waals surface area (Å²) in [4.78, 5) is 12.9. The van der Waals surface area contributed by atoms with Crippen LogP contribution in [0.25, 0.3) is 11.0 Å². The monoisotopic (exact) mass is 412 g/mol. The molecular formula is C22H24N2O4S. The Hall–Kier alpha value is -2.80. The van der Waals surface area contributed by atoms with Crippen LogP contribution in [0.15, 0.2) is 62.6 Å². The third-order valence-electron chi connectivity index (χ3n) is 5.39. The zero-order chi connectivity index (χ0) is 20.4. The van der Waals surface area contributed by atoms with Gasteiger partial charge >= 0.3 is 5.63 Å². The molecule has 152 valence electrons. The Morgan fingerprint density at radius 2 is 1.62 bits per heavy atom. The summed E-state index contributed by atoms with van der Waals surface area (Å²) in [6, 6.07) is 14.0. The molecule has 0 unspecified atom stereocenters. The van der Waals surface area contributed by atoms with Gasteiger partial charge in [-0.15, -0.1) is 0 Å². The predicted octanol–water partition coefficient (Wildman–Crippen LogP) is 4.65. The van der Waals surface area contributed by atoms with Crippen LogP contribution in [0.1, 0.15) is 37.7 Å². The molecule has 1 aliphatic rings. The largest absolute Gasteiger partial charge is 0.421 e. The first-order chi connectivity index (χ1) is 14.0. The quantitative estimate of drug-likeness (QED) is 0.596. The fourth-order valence-electron chi connectivity index (χ4n) is 3.89. The van der Waals surface area contributed by atoms with Gasteiger partial charge in [-0.1, -0.05) is 49.6 Å². The number of anilines is 2. The Bertz CT molecular complexity index is 1190. The minimum absolute atomic E-state index is 0.0717. The summed E-state index contributed by atoms with van der Waals surface area (Å²) in [6.45, 7) is 1.72. The number of hydrogen-bond donors (Lipinski definition) is 2. The number of benzene rings is 2. The summed E-state index contributed by atoms with van der Waals surface area (Å²) in [5.74, 6) is 0. The van der Waals surface area contributed by atoms with Crippen molar-refractivity contribution in [3.63, 3.8) is 0 Å². The Kier molecular flexibility index (Phi) is 5.32. The van der Waals surface area contributed by atoms with Gasteiger partial charge in [0.15, 0.2) is 5.69 Å². The van der Waals surface area contributed by atoms with Crippen molar-refractivity contribution < 1.29 is 12.8 Å². The van der Waals surface area contributed by atoms with Crippen molar-refractivity contribution in [3.8, 4) is 0 Å². The Balaban J connectivity index is 1.82. The van der Waals surface area contributed by atoms with E-state index in [2.05, 4.69) is 10.0 Å². The van der Waals surface area contributed by atoms with Gasteiger partial charge in [-0.3, -0.25) is 4.72 Å². The smallest absolute Gasteiger partial charge is 0.363 e. The summed E-state index contributed by atoms with van der Waals surface area (Å²) in [5.41, 5.74) is 0.735. The number of aryl methyl sites for hydroxylation is 1. The van der Waals surface area contributed by atoms with E-state index < -0.39 is 15.6 Å². The molecule has 7 heteroatoms. The molecule has 2 N–H and O–H groups in total. The van der Waals surface area contributed by atoms with Crippen molar-refractivity contribution >= 4 is 32.4 Å². The van der Waals surface area contributed by atoms with Gasteiger partial charge in [0.1, 0.15) is 5.58 Å². The number of rotatable bonds is 5. The maximum atomic E-state index is 13.0. The first-order valence-corrected chi connectivity index (χ1v) is 11.3. The SMILES string of the molecule is Cc1ccccc1S(=O)(=O)Nc1c(NC2CCCCC2)c2ccccc2oc1=O. The standard InChI is InChI=1S/C22H24N2O4S/c1-15-9-5-8-14-19(15)29(26,27)24-21-20(23-16-10-3-2-4-11-16)17-12-6-7-13-18(17)28-22(21)25/h5-9,12-14,16,23-24H,2-4,10-11H2,1H3. The van der Waals surface area contributed by atoms with Crippen molar-refractivity contribution in [2.75, 3.05) is 10.0 Å². The minimum atomic E-state index is -3.95. The van der Waals surface area contributed by atoms with E-state index in [0.717, 1.165) is 25.7 Å². The van der Waals surface area contributed by atoms with Gasteiger partial charge < -0.3 is 9.73 Å². The van der Waals surface area contributed by atoms with Crippen LogP contribution < -0.4 is 15.7 Å². The first-order valence-electron chi connectivity index (χ1n) is 9.86. The Morgan fingerprint density at radius 1 is 0.931 bits per heavy atom. The van der Waals surface area contributed by atoms with Gasteiger partial charge in [0.05, 0.1) is 10.6 Å². The van der Waals surface area contributed by atoms with Crippen LogP contribution in [0.2, 0.25) is 0 Å². The van der Waals surface area contributed by atoms with Crippen LogP contribution in [-0.2, 0) is 10.0 Å². The average Bonchev–Trinajstić information content (AvgIpc) is 2.71.